The molecule has 1 fully saturated rings. The Morgan fingerprint density at radius 2 is 2.14 bits per heavy atom. The second kappa shape index (κ2) is 6.32. The van der Waals surface area contributed by atoms with Gasteiger partial charge in [0.25, 0.3) is 5.91 Å². The Balaban J connectivity index is 1.66. The van der Waals surface area contributed by atoms with Crippen LogP contribution < -0.4 is 10.6 Å². The number of benzene rings is 1. The monoisotopic (exact) mass is 298 g/mol. The van der Waals surface area contributed by atoms with Gasteiger partial charge in [0.1, 0.15) is 0 Å². The maximum absolute atomic E-state index is 12.3. The van der Waals surface area contributed by atoms with E-state index in [9.17, 15) is 4.79 Å². The summed E-state index contributed by atoms with van der Waals surface area (Å²) >= 11 is 0. The molecule has 1 aliphatic heterocycles. The Labute approximate surface area is 130 Å². The molecule has 2 N–H and O–H groups in total. The molecule has 1 saturated heterocycles. The molecule has 1 aromatic carbocycles. The molecular formula is C17H22N4O. The number of piperidine rings is 1. The number of amides is 1. The van der Waals surface area contributed by atoms with E-state index < -0.39 is 0 Å². The molecule has 2 heterocycles. The molecule has 2 unspecified atom stereocenters. The average Bonchev–Trinajstić information content (AvgIpc) is 2.94. The molecule has 2 aromatic rings. The van der Waals surface area contributed by atoms with Crippen LogP contribution in [0.4, 0.5) is 0 Å². The van der Waals surface area contributed by atoms with Crippen LogP contribution in [-0.4, -0.2) is 34.3 Å². The second-order valence-electron chi connectivity index (χ2n) is 6.06. The molecule has 1 aliphatic rings. The highest BCUT2D eigenvalue weighted by molar-refractivity contribution is 5.94. The first-order valence-corrected chi connectivity index (χ1v) is 7.78. The lowest BCUT2D eigenvalue weighted by atomic mass is 10.0. The van der Waals surface area contributed by atoms with Crippen LogP contribution in [0.2, 0.25) is 0 Å². The van der Waals surface area contributed by atoms with Gasteiger partial charge in [0.05, 0.1) is 11.9 Å². The maximum atomic E-state index is 12.3. The van der Waals surface area contributed by atoms with Crippen molar-refractivity contribution in [3.8, 4) is 5.69 Å². The zero-order valence-corrected chi connectivity index (χ0v) is 13.0. The highest BCUT2D eigenvalue weighted by Crippen LogP contribution is 2.12. The van der Waals surface area contributed by atoms with Gasteiger partial charge in [-0.3, -0.25) is 4.79 Å². The van der Waals surface area contributed by atoms with E-state index in [2.05, 4.69) is 22.7 Å². The van der Waals surface area contributed by atoms with Crippen molar-refractivity contribution in [1.82, 2.24) is 20.4 Å². The molecule has 22 heavy (non-hydrogen) atoms. The number of nitrogens with one attached hydrogen (secondary N) is 2. The van der Waals surface area contributed by atoms with Gasteiger partial charge >= 0.3 is 0 Å². The first-order chi connectivity index (χ1) is 10.6. The number of carbonyl (C=O) groups is 1. The van der Waals surface area contributed by atoms with Gasteiger partial charge in [-0.1, -0.05) is 0 Å². The molecule has 1 aromatic heterocycles. The number of aromatic nitrogens is 2. The Bertz CT molecular complexity index is 647. The van der Waals surface area contributed by atoms with E-state index in [4.69, 9.17) is 0 Å². The highest BCUT2D eigenvalue weighted by atomic mass is 16.1. The van der Waals surface area contributed by atoms with Gasteiger partial charge in [0, 0.05) is 23.8 Å². The number of rotatable bonds is 3. The van der Waals surface area contributed by atoms with E-state index in [1.807, 2.05) is 48.3 Å². The van der Waals surface area contributed by atoms with Gasteiger partial charge in [-0.25, -0.2) is 4.68 Å². The zero-order valence-electron chi connectivity index (χ0n) is 13.0. The average molecular weight is 298 g/mol. The first-order valence-electron chi connectivity index (χ1n) is 7.78. The lowest BCUT2D eigenvalue weighted by Crippen LogP contribution is -2.46. The highest BCUT2D eigenvalue weighted by Gasteiger charge is 2.20. The van der Waals surface area contributed by atoms with Crippen LogP contribution >= 0.6 is 0 Å². The molecule has 5 nitrogen and oxygen atoms in total. The van der Waals surface area contributed by atoms with E-state index >= 15 is 0 Å². The molecule has 0 aliphatic carbocycles. The molecule has 3 rings (SSSR count). The van der Waals surface area contributed by atoms with Crippen molar-refractivity contribution in [1.29, 1.82) is 0 Å². The van der Waals surface area contributed by atoms with Gasteiger partial charge in [0.2, 0.25) is 0 Å². The number of aryl methyl sites for hydroxylation is 1. The third-order valence-corrected chi connectivity index (χ3v) is 4.06. The summed E-state index contributed by atoms with van der Waals surface area (Å²) in [5, 5.41) is 10.8. The van der Waals surface area contributed by atoms with E-state index in [-0.39, 0.29) is 11.9 Å². The fourth-order valence-corrected chi connectivity index (χ4v) is 2.85. The summed E-state index contributed by atoms with van der Waals surface area (Å²) in [5.74, 6) is 0.00213. The quantitative estimate of drug-likeness (QED) is 0.912. The minimum atomic E-state index is 0.00213. The van der Waals surface area contributed by atoms with Crippen molar-refractivity contribution in [3.05, 3.63) is 47.8 Å². The molecule has 0 radical (unpaired) electrons. The van der Waals surface area contributed by atoms with E-state index in [0.29, 0.717) is 11.6 Å². The Hall–Kier alpha value is -2.14. The van der Waals surface area contributed by atoms with Gasteiger partial charge in [0.15, 0.2) is 0 Å². The fourth-order valence-electron chi connectivity index (χ4n) is 2.85. The summed E-state index contributed by atoms with van der Waals surface area (Å²) in [6, 6.07) is 8.28. The summed E-state index contributed by atoms with van der Waals surface area (Å²) in [7, 11) is 0. The number of hydrogen-bond acceptors (Lipinski definition) is 3. The SMILES string of the molecule is Cc1cnn(-c2ccc(C(=O)NC3CCNC(C)C3)cc2)c1. The first kappa shape index (κ1) is 14.8. The number of nitrogens with zero attached hydrogens (tertiary/aromatic N) is 2. The molecule has 0 bridgehead atoms. The van der Waals surface area contributed by atoms with Crippen molar-refractivity contribution in [2.75, 3.05) is 6.54 Å². The van der Waals surface area contributed by atoms with Gasteiger partial charge in [-0.15, -0.1) is 0 Å². The lowest BCUT2D eigenvalue weighted by Gasteiger charge is -2.28. The van der Waals surface area contributed by atoms with Crippen LogP contribution in [-0.2, 0) is 0 Å². The largest absolute Gasteiger partial charge is 0.349 e. The molecule has 0 spiro atoms. The second-order valence-corrected chi connectivity index (χ2v) is 6.06. The summed E-state index contributed by atoms with van der Waals surface area (Å²) in [4.78, 5) is 12.3. The third-order valence-electron chi connectivity index (χ3n) is 4.06. The Morgan fingerprint density at radius 1 is 1.36 bits per heavy atom. The van der Waals surface area contributed by atoms with Crippen LogP contribution in [0.1, 0.15) is 35.7 Å². The van der Waals surface area contributed by atoms with Crippen molar-refractivity contribution in [2.45, 2.75) is 38.8 Å². The maximum Gasteiger partial charge on any atom is 0.251 e. The smallest absolute Gasteiger partial charge is 0.251 e. The fraction of sp³-hybridized carbons (Fsp3) is 0.412. The third kappa shape index (κ3) is 3.36. The van der Waals surface area contributed by atoms with Crippen LogP contribution in [0.25, 0.3) is 5.69 Å². The lowest BCUT2D eigenvalue weighted by molar-refractivity contribution is 0.0925. The van der Waals surface area contributed by atoms with Gasteiger partial charge in [-0.05, 0) is 63.1 Å². The number of carbonyl (C=O) groups excluding carboxylic acids is 1. The van der Waals surface area contributed by atoms with Crippen molar-refractivity contribution < 1.29 is 4.79 Å². The van der Waals surface area contributed by atoms with Crippen LogP contribution in [0.3, 0.4) is 0 Å². The van der Waals surface area contributed by atoms with Crippen molar-refractivity contribution >= 4 is 5.91 Å². The van der Waals surface area contributed by atoms with Crippen LogP contribution in [0, 0.1) is 6.92 Å². The molecule has 5 heteroatoms. The molecular weight excluding hydrogens is 276 g/mol. The molecule has 116 valence electrons. The van der Waals surface area contributed by atoms with Crippen LogP contribution in [0.5, 0.6) is 0 Å². The normalized spacial score (nSPS) is 21.5. The minimum absolute atomic E-state index is 0.00213. The van der Waals surface area contributed by atoms with E-state index in [0.717, 1.165) is 30.6 Å². The minimum Gasteiger partial charge on any atom is -0.349 e. The van der Waals surface area contributed by atoms with Crippen molar-refractivity contribution in [3.63, 3.8) is 0 Å². The topological polar surface area (TPSA) is 59.0 Å². The molecule has 1 amide bonds. The Morgan fingerprint density at radius 3 is 2.77 bits per heavy atom. The van der Waals surface area contributed by atoms with E-state index in [1.165, 1.54) is 0 Å². The van der Waals surface area contributed by atoms with Crippen LogP contribution in [0.15, 0.2) is 36.7 Å². The molecule has 2 atom stereocenters. The molecule has 0 saturated carbocycles. The Kier molecular flexibility index (Phi) is 4.24. The predicted molar refractivity (Wildman–Crippen MR) is 86.3 cm³/mol. The zero-order chi connectivity index (χ0) is 15.5. The summed E-state index contributed by atoms with van der Waals surface area (Å²) in [6.45, 7) is 5.12. The number of hydrogen-bond donors (Lipinski definition) is 2. The standard InChI is InChI=1S/C17H22N4O/c1-12-10-19-21(11-12)16-5-3-14(4-6-16)17(22)20-15-7-8-18-13(2)9-15/h3-6,10-11,13,15,18H,7-9H2,1-2H3,(H,20,22). The van der Waals surface area contributed by atoms with E-state index in [1.54, 1.807) is 0 Å². The van der Waals surface area contributed by atoms with Gasteiger partial charge in [-0.2, -0.15) is 5.10 Å². The summed E-state index contributed by atoms with van der Waals surface area (Å²) < 4.78 is 1.81. The summed E-state index contributed by atoms with van der Waals surface area (Å²) in [5.41, 5.74) is 2.76. The summed E-state index contributed by atoms with van der Waals surface area (Å²) in [6.07, 6.45) is 5.75. The van der Waals surface area contributed by atoms with Crippen molar-refractivity contribution in [2.24, 2.45) is 0 Å². The van der Waals surface area contributed by atoms with Gasteiger partial charge < -0.3 is 10.6 Å². The predicted octanol–water partition coefficient (Wildman–Crippen LogP) is 2.05.